The van der Waals surface area contributed by atoms with E-state index in [1.165, 1.54) is 0 Å². The number of rotatable bonds is 3. The molecule has 2 rings (SSSR count). The van der Waals surface area contributed by atoms with Crippen molar-refractivity contribution >= 4 is 22.6 Å². The molecule has 0 aliphatic carbocycles. The highest BCUT2D eigenvalue weighted by Gasteiger charge is 2.20. The minimum Gasteiger partial charge on any atom is -0.755 e. The van der Waals surface area contributed by atoms with E-state index in [0.717, 1.165) is 25.3 Å². The number of piperazine rings is 1. The van der Waals surface area contributed by atoms with Crippen molar-refractivity contribution in [3.05, 3.63) is 24.3 Å². The fourth-order valence-electron chi connectivity index (χ4n) is 2.15. The smallest absolute Gasteiger partial charge is 0.0473 e. The summed E-state index contributed by atoms with van der Waals surface area (Å²) >= 11 is -2.27. The molecule has 1 aromatic rings. The van der Waals surface area contributed by atoms with E-state index in [2.05, 4.69) is 28.5 Å². The summed E-state index contributed by atoms with van der Waals surface area (Å²) in [7, 11) is 2.13. The highest BCUT2D eigenvalue weighted by atomic mass is 32.2. The molecule has 1 aliphatic heterocycles. The molecule has 0 amide bonds. The summed E-state index contributed by atoms with van der Waals surface area (Å²) in [6.07, 6.45) is 0. The first-order chi connectivity index (χ1) is 8.56. The quantitative estimate of drug-likeness (QED) is 0.832. The van der Waals surface area contributed by atoms with Crippen molar-refractivity contribution in [2.45, 2.75) is 13.0 Å². The van der Waals surface area contributed by atoms with E-state index in [1.54, 1.807) is 6.07 Å². The van der Waals surface area contributed by atoms with Crippen molar-refractivity contribution in [3.63, 3.8) is 0 Å². The Balaban J connectivity index is 2.11. The lowest BCUT2D eigenvalue weighted by molar-refractivity contribution is 0.234. The molecule has 1 aromatic carbocycles. The van der Waals surface area contributed by atoms with Gasteiger partial charge in [0.25, 0.3) is 0 Å². The summed E-state index contributed by atoms with van der Waals surface area (Å²) in [5.74, 6) is 0. The molecule has 0 aromatic heterocycles. The zero-order valence-electron chi connectivity index (χ0n) is 10.6. The van der Waals surface area contributed by atoms with Crippen molar-refractivity contribution in [2.75, 3.05) is 36.3 Å². The normalized spacial score (nSPS) is 22.8. The molecule has 1 N–H and O–H groups in total. The third-order valence-electron chi connectivity index (χ3n) is 3.37. The Morgan fingerprint density at radius 2 is 2.22 bits per heavy atom. The van der Waals surface area contributed by atoms with E-state index in [4.69, 9.17) is 0 Å². The van der Waals surface area contributed by atoms with Gasteiger partial charge in [-0.25, -0.2) is 0 Å². The molecule has 1 heterocycles. The molecule has 0 saturated carbocycles. The number of nitrogens with zero attached hydrogens (tertiary/aromatic N) is 2. The number of nitrogens with one attached hydrogen (secondary N) is 1. The summed E-state index contributed by atoms with van der Waals surface area (Å²) in [5.41, 5.74) is 1.66. The first-order valence-corrected chi connectivity index (χ1v) is 7.05. The fraction of sp³-hybridized carbons (Fsp3) is 0.500. The molecular weight excluding hydrogens is 250 g/mol. The van der Waals surface area contributed by atoms with Crippen LogP contribution in [0.3, 0.4) is 0 Å². The van der Waals surface area contributed by atoms with Crippen molar-refractivity contribution in [1.29, 1.82) is 0 Å². The monoisotopic (exact) mass is 268 g/mol. The predicted molar refractivity (Wildman–Crippen MR) is 73.3 cm³/mol. The molecule has 1 fully saturated rings. The lowest BCUT2D eigenvalue weighted by Crippen LogP contribution is -2.50. The van der Waals surface area contributed by atoms with Gasteiger partial charge in [0.1, 0.15) is 0 Å². The van der Waals surface area contributed by atoms with E-state index in [-0.39, 0.29) is 0 Å². The van der Waals surface area contributed by atoms with E-state index in [0.29, 0.717) is 11.7 Å². The summed E-state index contributed by atoms with van der Waals surface area (Å²) < 4.78 is 23.6. The van der Waals surface area contributed by atoms with Gasteiger partial charge in [0.15, 0.2) is 0 Å². The molecule has 0 bridgehead atoms. The Morgan fingerprint density at radius 3 is 2.89 bits per heavy atom. The van der Waals surface area contributed by atoms with Crippen LogP contribution in [-0.4, -0.2) is 46.4 Å². The van der Waals surface area contributed by atoms with Gasteiger partial charge >= 0.3 is 0 Å². The predicted octanol–water partition coefficient (Wildman–Crippen LogP) is 1.03. The van der Waals surface area contributed by atoms with Crippen LogP contribution in [0.15, 0.2) is 24.3 Å². The van der Waals surface area contributed by atoms with Crippen molar-refractivity contribution in [1.82, 2.24) is 4.90 Å². The van der Waals surface area contributed by atoms with Gasteiger partial charge in [-0.3, -0.25) is 4.21 Å². The maximum Gasteiger partial charge on any atom is 0.0473 e. The van der Waals surface area contributed by atoms with Crippen molar-refractivity contribution in [2.24, 2.45) is 0 Å². The standard InChI is InChI=1S/C12H19N3O2S/c1-10-9-15(7-6-14(10)2)12-5-3-4-11(8-12)13-18(16)17/h3-5,8,10,13H,6-7,9H2,1-2H3,(H,16,17)/p-1/t10-/m0/s1. The second-order valence-corrected chi connectivity index (χ2v) is 5.34. The van der Waals surface area contributed by atoms with Crippen LogP contribution in [0.2, 0.25) is 0 Å². The van der Waals surface area contributed by atoms with Gasteiger partial charge in [0.05, 0.1) is 0 Å². The minimum atomic E-state index is -2.27. The molecule has 0 radical (unpaired) electrons. The fourth-order valence-corrected chi connectivity index (χ4v) is 2.46. The lowest BCUT2D eigenvalue weighted by atomic mass is 10.1. The molecule has 1 saturated heterocycles. The molecule has 18 heavy (non-hydrogen) atoms. The second-order valence-electron chi connectivity index (χ2n) is 4.66. The van der Waals surface area contributed by atoms with Crippen LogP contribution in [0.4, 0.5) is 11.4 Å². The second kappa shape index (κ2) is 5.69. The van der Waals surface area contributed by atoms with Crippen LogP contribution >= 0.6 is 0 Å². The van der Waals surface area contributed by atoms with Gasteiger partial charge in [-0.2, -0.15) is 0 Å². The zero-order valence-corrected chi connectivity index (χ0v) is 11.4. The summed E-state index contributed by atoms with van der Waals surface area (Å²) in [6, 6.07) is 8.00. The molecule has 0 spiro atoms. The van der Waals surface area contributed by atoms with E-state index >= 15 is 0 Å². The highest BCUT2D eigenvalue weighted by molar-refractivity contribution is 7.80. The van der Waals surface area contributed by atoms with Crippen LogP contribution in [-0.2, 0) is 11.3 Å². The zero-order chi connectivity index (χ0) is 13.1. The average Bonchev–Trinajstić information content (AvgIpc) is 2.32. The Bertz CT molecular complexity index is 441. The lowest BCUT2D eigenvalue weighted by Gasteiger charge is -2.39. The molecule has 6 heteroatoms. The molecular formula is C12H18N3O2S-. The number of benzene rings is 1. The molecule has 5 nitrogen and oxygen atoms in total. The number of hydrogen-bond acceptors (Lipinski definition) is 4. The number of likely N-dealkylation sites (N-methyl/N-ethyl adjacent to an activating group) is 1. The third kappa shape index (κ3) is 3.22. The van der Waals surface area contributed by atoms with Crippen LogP contribution in [0.1, 0.15) is 6.92 Å². The van der Waals surface area contributed by atoms with E-state index in [9.17, 15) is 8.76 Å². The first kappa shape index (κ1) is 13.3. The Hall–Kier alpha value is -1.11. The molecule has 100 valence electrons. The number of hydrogen-bond donors (Lipinski definition) is 1. The summed E-state index contributed by atoms with van der Waals surface area (Å²) in [6.45, 7) is 5.14. The van der Waals surface area contributed by atoms with Gasteiger partial charge in [-0.15, -0.1) is 0 Å². The van der Waals surface area contributed by atoms with Crippen LogP contribution in [0.5, 0.6) is 0 Å². The number of anilines is 2. The summed E-state index contributed by atoms with van der Waals surface area (Å²) in [5, 5.41) is 0. The molecule has 2 atom stereocenters. The van der Waals surface area contributed by atoms with E-state index in [1.807, 2.05) is 18.2 Å². The minimum absolute atomic E-state index is 0.504. The topological polar surface area (TPSA) is 58.6 Å². The van der Waals surface area contributed by atoms with Gasteiger partial charge in [-0.05, 0) is 32.2 Å². The maximum absolute atomic E-state index is 10.6. The maximum atomic E-state index is 10.6. The largest absolute Gasteiger partial charge is 0.755 e. The molecule has 1 aliphatic rings. The van der Waals surface area contributed by atoms with Crippen LogP contribution in [0.25, 0.3) is 0 Å². The Labute approximate surface area is 110 Å². The van der Waals surface area contributed by atoms with Crippen LogP contribution < -0.4 is 9.62 Å². The van der Waals surface area contributed by atoms with E-state index < -0.39 is 11.3 Å². The Kier molecular flexibility index (Phi) is 4.21. The highest BCUT2D eigenvalue weighted by Crippen LogP contribution is 2.22. The van der Waals surface area contributed by atoms with Gasteiger partial charge in [0.2, 0.25) is 0 Å². The third-order valence-corrected chi connectivity index (χ3v) is 3.77. The van der Waals surface area contributed by atoms with Crippen molar-refractivity contribution in [3.8, 4) is 0 Å². The Morgan fingerprint density at radius 1 is 1.44 bits per heavy atom. The van der Waals surface area contributed by atoms with Gasteiger partial charge < -0.3 is 19.1 Å². The SMILES string of the molecule is C[C@H]1CN(c2cccc(NS(=O)[O-])c2)CCN1C. The average molecular weight is 268 g/mol. The van der Waals surface area contributed by atoms with Crippen molar-refractivity contribution < 1.29 is 8.76 Å². The first-order valence-electron chi connectivity index (χ1n) is 5.97. The van der Waals surface area contributed by atoms with Crippen LogP contribution in [0, 0.1) is 0 Å². The molecule has 1 unspecified atom stereocenters. The van der Waals surface area contributed by atoms with Gasteiger partial charge in [0, 0.05) is 48.3 Å². The van der Waals surface area contributed by atoms with Gasteiger partial charge in [-0.1, -0.05) is 6.07 Å². The summed E-state index contributed by atoms with van der Waals surface area (Å²) in [4.78, 5) is 4.61.